The van der Waals surface area contributed by atoms with E-state index in [1.807, 2.05) is 0 Å². The highest BCUT2D eigenvalue weighted by atomic mass is 16.3. The maximum atomic E-state index is 13.7. The second kappa shape index (κ2) is 8.01. The van der Waals surface area contributed by atoms with Gasteiger partial charge in [0.2, 0.25) is 11.7 Å². The number of aromatic hydroxyl groups is 1. The lowest BCUT2D eigenvalue weighted by molar-refractivity contribution is -0.151. The van der Waals surface area contributed by atoms with Crippen LogP contribution >= 0.6 is 0 Å². The predicted molar refractivity (Wildman–Crippen MR) is 121 cm³/mol. The number of benzene rings is 1. The summed E-state index contributed by atoms with van der Waals surface area (Å²) in [5, 5.41) is 44.0. The summed E-state index contributed by atoms with van der Waals surface area (Å²) in [6.07, 6.45) is -0.0552. The third-order valence-electron chi connectivity index (χ3n) is 7.08. The molecule has 9 heteroatoms. The number of nitrogens with two attached hydrogens (primary N) is 1. The average Bonchev–Trinajstić information content (AvgIpc) is 2.74. The first kappa shape index (κ1) is 23.5. The molecule has 3 aliphatic rings. The van der Waals surface area contributed by atoms with Crippen molar-refractivity contribution in [2.24, 2.45) is 17.6 Å². The molecule has 0 aliphatic heterocycles. The fourth-order valence-electron chi connectivity index (χ4n) is 5.61. The zero-order valence-electron chi connectivity index (χ0n) is 19.0. The molecule has 0 radical (unpaired) electrons. The summed E-state index contributed by atoms with van der Waals surface area (Å²) >= 11 is 0. The maximum Gasteiger partial charge on any atom is 0.248 e. The van der Waals surface area contributed by atoms with Crippen LogP contribution in [0, 0.1) is 23.7 Å². The van der Waals surface area contributed by atoms with Crippen molar-refractivity contribution in [3.8, 4) is 17.6 Å². The number of fused-ring (bicyclic) bond motifs is 3. The highest BCUT2D eigenvalue weighted by molar-refractivity contribution is 6.10. The van der Waals surface area contributed by atoms with Gasteiger partial charge in [-0.15, -0.1) is 0 Å². The normalized spacial score (nSPS) is 28.0. The third-order valence-corrected chi connectivity index (χ3v) is 7.08. The van der Waals surface area contributed by atoms with E-state index in [-0.39, 0.29) is 46.8 Å². The van der Waals surface area contributed by atoms with E-state index in [1.165, 1.54) is 13.0 Å². The molecule has 9 nitrogen and oxygen atoms in total. The van der Waals surface area contributed by atoms with Gasteiger partial charge >= 0.3 is 0 Å². The van der Waals surface area contributed by atoms with Crippen LogP contribution in [-0.4, -0.2) is 68.5 Å². The molecule has 0 bridgehead atoms. The molecule has 1 aromatic carbocycles. The van der Waals surface area contributed by atoms with Crippen LogP contribution in [0.4, 0.5) is 0 Å². The van der Waals surface area contributed by atoms with Crippen molar-refractivity contribution in [3.05, 3.63) is 45.7 Å². The van der Waals surface area contributed by atoms with E-state index in [0.29, 0.717) is 11.1 Å². The zero-order valence-corrected chi connectivity index (χ0v) is 19.0. The molecule has 0 aromatic heterocycles. The first-order valence-electron chi connectivity index (χ1n) is 10.8. The molecule has 3 aliphatic carbocycles. The predicted octanol–water partition coefficient (Wildman–Crippen LogP) is 0.725. The van der Waals surface area contributed by atoms with Crippen molar-refractivity contribution in [1.29, 1.82) is 0 Å². The molecular weight excluding hydrogens is 440 g/mol. The van der Waals surface area contributed by atoms with Gasteiger partial charge < -0.3 is 26.2 Å². The van der Waals surface area contributed by atoms with Gasteiger partial charge in [0, 0.05) is 30.4 Å². The van der Waals surface area contributed by atoms with Crippen LogP contribution in [0.1, 0.15) is 36.5 Å². The number of Topliss-reactive ketones (excluding diaryl/α,β-unsaturated/α-hetero) is 2. The number of nitrogens with zero attached hydrogens (tertiary/aromatic N) is 1. The summed E-state index contributed by atoms with van der Waals surface area (Å²) in [5.41, 5.74) is 4.04. The SMILES string of the molecule is CC(=O)C#Cc1ccc(O)c2c1CC1CC3C(N(C)C)C(O)=C(C(N)=O)CC3(O)C(=O)C1=C2O. The average molecular weight is 466 g/mol. The van der Waals surface area contributed by atoms with Crippen molar-refractivity contribution in [1.82, 2.24) is 4.90 Å². The van der Waals surface area contributed by atoms with E-state index < -0.39 is 47.3 Å². The van der Waals surface area contributed by atoms with Gasteiger partial charge in [0.05, 0.1) is 17.2 Å². The number of ketones is 2. The van der Waals surface area contributed by atoms with Crippen LogP contribution in [0.2, 0.25) is 0 Å². The fourth-order valence-corrected chi connectivity index (χ4v) is 5.61. The van der Waals surface area contributed by atoms with Crippen LogP contribution in [0.3, 0.4) is 0 Å². The molecule has 0 heterocycles. The molecule has 34 heavy (non-hydrogen) atoms. The zero-order chi connectivity index (χ0) is 25.1. The van der Waals surface area contributed by atoms with E-state index >= 15 is 0 Å². The number of amides is 1. The van der Waals surface area contributed by atoms with Crippen LogP contribution in [0.25, 0.3) is 5.76 Å². The number of likely N-dealkylation sites (N-methyl/N-ethyl adjacent to an activating group) is 1. The van der Waals surface area contributed by atoms with E-state index in [2.05, 4.69) is 11.8 Å². The Kier molecular flexibility index (Phi) is 5.55. The Morgan fingerprint density at radius 2 is 1.88 bits per heavy atom. The molecule has 6 N–H and O–H groups in total. The van der Waals surface area contributed by atoms with Crippen LogP contribution in [-0.2, 0) is 20.8 Å². The maximum absolute atomic E-state index is 13.7. The molecule has 1 aromatic rings. The molecular formula is C25H26N2O7. The monoisotopic (exact) mass is 466 g/mol. The number of aliphatic hydroxyl groups is 3. The van der Waals surface area contributed by atoms with E-state index in [0.717, 1.165) is 0 Å². The molecule has 1 fully saturated rings. The molecule has 178 valence electrons. The highest BCUT2D eigenvalue weighted by Crippen LogP contribution is 2.53. The van der Waals surface area contributed by atoms with Crippen molar-refractivity contribution in [3.63, 3.8) is 0 Å². The van der Waals surface area contributed by atoms with Gasteiger partial charge in [0.15, 0.2) is 5.78 Å². The third kappa shape index (κ3) is 3.38. The second-order valence-electron chi connectivity index (χ2n) is 9.36. The molecule has 4 unspecified atom stereocenters. The largest absolute Gasteiger partial charge is 0.510 e. The van der Waals surface area contributed by atoms with Crippen molar-refractivity contribution in [2.75, 3.05) is 14.1 Å². The van der Waals surface area contributed by atoms with Crippen molar-refractivity contribution in [2.45, 2.75) is 37.8 Å². The Balaban J connectivity index is 1.91. The Morgan fingerprint density at radius 3 is 2.47 bits per heavy atom. The van der Waals surface area contributed by atoms with Gasteiger partial charge in [-0.25, -0.2) is 0 Å². The molecule has 4 rings (SSSR count). The van der Waals surface area contributed by atoms with Crippen molar-refractivity contribution < 1.29 is 34.8 Å². The summed E-state index contributed by atoms with van der Waals surface area (Å²) in [5.74, 6) is 0.816. The molecule has 1 amide bonds. The Labute approximate surface area is 196 Å². The lowest BCUT2D eigenvalue weighted by atomic mass is 9.57. The topological polar surface area (TPSA) is 161 Å². The van der Waals surface area contributed by atoms with Gasteiger partial charge in [-0.3, -0.25) is 19.3 Å². The van der Waals surface area contributed by atoms with Crippen LogP contribution in [0.5, 0.6) is 5.75 Å². The summed E-state index contributed by atoms with van der Waals surface area (Å²) < 4.78 is 0. The Hall–Kier alpha value is -3.61. The minimum absolute atomic E-state index is 0.0329. The first-order valence-corrected chi connectivity index (χ1v) is 10.8. The van der Waals surface area contributed by atoms with Crippen LogP contribution in [0.15, 0.2) is 29.0 Å². The van der Waals surface area contributed by atoms with Gasteiger partial charge in [0.25, 0.3) is 0 Å². The van der Waals surface area contributed by atoms with Gasteiger partial charge in [-0.2, -0.15) is 0 Å². The number of rotatable bonds is 2. The first-order chi connectivity index (χ1) is 15.9. The number of hydrogen-bond donors (Lipinski definition) is 5. The lowest BCUT2D eigenvalue weighted by Crippen LogP contribution is -2.62. The second-order valence-corrected chi connectivity index (χ2v) is 9.36. The Morgan fingerprint density at radius 1 is 1.21 bits per heavy atom. The molecule has 4 atom stereocenters. The highest BCUT2D eigenvalue weighted by Gasteiger charge is 2.60. The van der Waals surface area contributed by atoms with Gasteiger partial charge in [-0.05, 0) is 56.5 Å². The molecule has 1 saturated carbocycles. The van der Waals surface area contributed by atoms with E-state index in [4.69, 9.17) is 5.73 Å². The van der Waals surface area contributed by atoms with E-state index in [9.17, 15) is 34.8 Å². The minimum atomic E-state index is -2.08. The number of carbonyl (C=O) groups excluding carboxylic acids is 3. The summed E-state index contributed by atoms with van der Waals surface area (Å²) in [4.78, 5) is 38.7. The summed E-state index contributed by atoms with van der Waals surface area (Å²) in [7, 11) is 3.31. The quantitative estimate of drug-likeness (QED) is 0.399. The van der Waals surface area contributed by atoms with E-state index in [1.54, 1.807) is 25.1 Å². The smallest absolute Gasteiger partial charge is 0.248 e. The number of phenolic OH excluding ortho intramolecular Hbond substituents is 1. The number of hydrogen-bond acceptors (Lipinski definition) is 8. The molecule has 0 saturated heterocycles. The standard InChI is InChI=1S/C25H26N2O7/c1-11(28)4-5-12-6-7-17(29)19-14(12)8-13-9-16-20(27(2)3)21(30)15(24(26)33)10-25(16,34)23(32)18(13)22(19)31/h6-7,13,16,20,29-31,34H,8-10H2,1-3H3,(H2,26,33). The number of carbonyl (C=O) groups is 3. The fraction of sp³-hybridized carbons (Fsp3) is 0.400. The summed E-state index contributed by atoms with van der Waals surface area (Å²) in [6.45, 7) is 1.32. The van der Waals surface area contributed by atoms with Crippen LogP contribution < -0.4 is 5.73 Å². The Bertz CT molecular complexity index is 1260. The minimum Gasteiger partial charge on any atom is -0.510 e. The molecule has 0 spiro atoms. The van der Waals surface area contributed by atoms with Crippen molar-refractivity contribution >= 4 is 23.2 Å². The number of aliphatic hydroxyl groups excluding tert-OH is 2. The number of primary amides is 1. The van der Waals surface area contributed by atoms with Gasteiger partial charge in [0.1, 0.15) is 22.9 Å². The van der Waals surface area contributed by atoms with Gasteiger partial charge in [-0.1, -0.05) is 5.92 Å². The number of phenols is 1. The lowest BCUT2D eigenvalue weighted by Gasteiger charge is -2.51. The summed E-state index contributed by atoms with van der Waals surface area (Å²) in [6, 6.07) is 2.01.